The van der Waals surface area contributed by atoms with Crippen LogP contribution in [0.2, 0.25) is 0 Å². The Balaban J connectivity index is 2.08. The van der Waals surface area contributed by atoms with Gasteiger partial charge in [0.1, 0.15) is 11.4 Å². The summed E-state index contributed by atoms with van der Waals surface area (Å²) < 4.78 is 13.0. The van der Waals surface area contributed by atoms with Crippen molar-refractivity contribution in [2.75, 3.05) is 12.3 Å². The molecule has 0 aliphatic rings. The van der Waals surface area contributed by atoms with Crippen LogP contribution in [0.15, 0.2) is 22.6 Å². The molecule has 0 radical (unpaired) electrons. The largest absolute Gasteiger partial charge is 0.494 e. The molecule has 5 nitrogen and oxygen atoms in total. The third-order valence-corrected chi connectivity index (χ3v) is 4.48. The van der Waals surface area contributed by atoms with Crippen molar-refractivity contribution >= 4 is 43.3 Å². The highest BCUT2D eigenvalue weighted by Gasteiger charge is 2.20. The summed E-state index contributed by atoms with van der Waals surface area (Å²) in [4.78, 5) is 11.3. The summed E-state index contributed by atoms with van der Waals surface area (Å²) in [5.74, 6) is 0.154. The third kappa shape index (κ3) is 2.31. The van der Waals surface area contributed by atoms with E-state index in [-0.39, 0.29) is 5.76 Å². The lowest BCUT2D eigenvalue weighted by Crippen LogP contribution is -2.11. The zero-order chi connectivity index (χ0) is 15.0. The van der Waals surface area contributed by atoms with E-state index < -0.39 is 5.91 Å². The van der Waals surface area contributed by atoms with Gasteiger partial charge in [-0.15, -0.1) is 11.3 Å². The molecule has 110 valence electrons. The van der Waals surface area contributed by atoms with Crippen LogP contribution in [0.5, 0.6) is 5.75 Å². The number of anilines is 1. The number of carbonyl (C=O) groups is 1. The molecule has 0 saturated heterocycles. The molecule has 0 bridgehead atoms. The zero-order valence-electron chi connectivity index (χ0n) is 11.6. The quantitative estimate of drug-likeness (QED) is 0.706. The minimum Gasteiger partial charge on any atom is -0.494 e. The molecule has 2 aromatic heterocycles. The van der Waals surface area contributed by atoms with Crippen LogP contribution in [0.1, 0.15) is 30.3 Å². The number of thiophene rings is 1. The molecule has 4 N–H and O–H groups in total. The molecular formula is C15H16N2O3S. The van der Waals surface area contributed by atoms with E-state index in [0.29, 0.717) is 17.9 Å². The molecule has 3 rings (SSSR count). The highest BCUT2D eigenvalue weighted by atomic mass is 32.1. The molecule has 0 unspecified atom stereocenters. The molecule has 0 saturated carbocycles. The molecule has 0 fully saturated rings. The normalized spacial score (nSPS) is 11.3. The lowest BCUT2D eigenvalue weighted by Gasteiger charge is -2.04. The average molecular weight is 304 g/mol. The number of benzene rings is 1. The molecule has 21 heavy (non-hydrogen) atoms. The van der Waals surface area contributed by atoms with E-state index in [1.807, 2.05) is 18.2 Å². The van der Waals surface area contributed by atoms with Gasteiger partial charge in [-0.1, -0.05) is 13.3 Å². The van der Waals surface area contributed by atoms with Crippen molar-refractivity contribution in [1.82, 2.24) is 0 Å². The third-order valence-electron chi connectivity index (χ3n) is 3.30. The minimum atomic E-state index is -0.653. The van der Waals surface area contributed by atoms with Gasteiger partial charge in [0, 0.05) is 10.1 Å². The summed E-state index contributed by atoms with van der Waals surface area (Å²) in [6.45, 7) is 2.80. The number of hydrogen-bond acceptors (Lipinski definition) is 5. The number of carbonyl (C=O) groups excluding carboxylic acids is 1. The number of nitrogen functional groups attached to an aromatic ring is 1. The number of fused-ring (bicyclic) bond motifs is 3. The number of amides is 1. The fraction of sp³-hybridized carbons (Fsp3) is 0.267. The Morgan fingerprint density at radius 2 is 2.24 bits per heavy atom. The SMILES string of the molecule is CCCCOc1ccc2sc3c(N)c(C(N)=O)oc3c2c1. The van der Waals surface area contributed by atoms with Gasteiger partial charge in [-0.25, -0.2) is 0 Å². The fourth-order valence-electron chi connectivity index (χ4n) is 2.20. The predicted molar refractivity (Wildman–Crippen MR) is 84.9 cm³/mol. The molecule has 0 atom stereocenters. The second-order valence-electron chi connectivity index (χ2n) is 4.83. The van der Waals surface area contributed by atoms with Crippen molar-refractivity contribution in [1.29, 1.82) is 0 Å². The van der Waals surface area contributed by atoms with Crippen molar-refractivity contribution in [3.05, 3.63) is 24.0 Å². The fourth-order valence-corrected chi connectivity index (χ4v) is 3.26. The second kappa shape index (κ2) is 5.29. The van der Waals surface area contributed by atoms with E-state index in [1.165, 1.54) is 11.3 Å². The van der Waals surface area contributed by atoms with Crippen LogP contribution < -0.4 is 16.2 Å². The van der Waals surface area contributed by atoms with Gasteiger partial charge < -0.3 is 20.6 Å². The van der Waals surface area contributed by atoms with Crippen LogP contribution in [0.3, 0.4) is 0 Å². The Labute approximate surface area is 125 Å². The number of primary amides is 1. The number of hydrogen-bond donors (Lipinski definition) is 2. The Hall–Kier alpha value is -2.21. The molecule has 0 aliphatic carbocycles. The number of ether oxygens (including phenoxy) is 1. The summed E-state index contributed by atoms with van der Waals surface area (Å²) in [6.07, 6.45) is 2.10. The Morgan fingerprint density at radius 3 is 2.95 bits per heavy atom. The lowest BCUT2D eigenvalue weighted by molar-refractivity contribution is 0.0977. The van der Waals surface area contributed by atoms with Crippen LogP contribution in [-0.4, -0.2) is 12.5 Å². The highest BCUT2D eigenvalue weighted by molar-refractivity contribution is 7.26. The van der Waals surface area contributed by atoms with Gasteiger partial charge in [0.15, 0.2) is 5.58 Å². The molecule has 1 aromatic carbocycles. The summed E-state index contributed by atoms with van der Waals surface area (Å²) in [5, 5.41) is 0.892. The van der Waals surface area contributed by atoms with E-state index in [0.717, 1.165) is 33.4 Å². The maximum atomic E-state index is 11.3. The van der Waals surface area contributed by atoms with Crippen molar-refractivity contribution < 1.29 is 13.9 Å². The van der Waals surface area contributed by atoms with Gasteiger partial charge in [0.05, 0.1) is 11.3 Å². The number of unbranched alkanes of at least 4 members (excludes halogenated alkanes) is 1. The molecule has 0 spiro atoms. The van der Waals surface area contributed by atoms with Crippen LogP contribution in [-0.2, 0) is 0 Å². The average Bonchev–Trinajstić information content (AvgIpc) is 2.97. The number of furan rings is 1. The summed E-state index contributed by atoms with van der Waals surface area (Å²) in [6, 6.07) is 5.82. The monoisotopic (exact) mass is 304 g/mol. The van der Waals surface area contributed by atoms with Crippen LogP contribution >= 0.6 is 11.3 Å². The van der Waals surface area contributed by atoms with E-state index in [2.05, 4.69) is 6.92 Å². The zero-order valence-corrected chi connectivity index (χ0v) is 12.5. The van der Waals surface area contributed by atoms with Crippen molar-refractivity contribution in [3.8, 4) is 5.75 Å². The van der Waals surface area contributed by atoms with Gasteiger partial charge in [-0.05, 0) is 24.6 Å². The summed E-state index contributed by atoms with van der Waals surface area (Å²) in [5.41, 5.74) is 12.1. The first-order valence-corrected chi connectivity index (χ1v) is 7.60. The molecular weight excluding hydrogens is 288 g/mol. The summed E-state index contributed by atoms with van der Waals surface area (Å²) >= 11 is 1.48. The maximum absolute atomic E-state index is 11.3. The van der Waals surface area contributed by atoms with Gasteiger partial charge in [-0.3, -0.25) is 4.79 Å². The van der Waals surface area contributed by atoms with E-state index in [1.54, 1.807) is 0 Å². The molecule has 6 heteroatoms. The second-order valence-corrected chi connectivity index (χ2v) is 5.88. The molecule has 2 heterocycles. The predicted octanol–water partition coefficient (Wildman–Crippen LogP) is 3.51. The van der Waals surface area contributed by atoms with Crippen molar-refractivity contribution in [2.24, 2.45) is 5.73 Å². The standard InChI is InChI=1S/C15H16N2O3S/c1-2-3-6-19-8-4-5-10-9(7-8)12-14(21-10)11(16)13(20-12)15(17)18/h4-5,7H,2-3,6,16H2,1H3,(H2,17,18). The molecule has 1 amide bonds. The highest BCUT2D eigenvalue weighted by Crippen LogP contribution is 2.41. The van der Waals surface area contributed by atoms with Crippen molar-refractivity contribution in [2.45, 2.75) is 19.8 Å². The Kier molecular flexibility index (Phi) is 3.47. The van der Waals surface area contributed by atoms with Gasteiger partial charge in [-0.2, -0.15) is 0 Å². The molecule has 3 aromatic rings. The summed E-state index contributed by atoms with van der Waals surface area (Å²) in [7, 11) is 0. The Morgan fingerprint density at radius 1 is 1.43 bits per heavy atom. The van der Waals surface area contributed by atoms with Gasteiger partial charge in [0.25, 0.3) is 5.91 Å². The number of rotatable bonds is 5. The lowest BCUT2D eigenvalue weighted by atomic mass is 10.2. The first-order valence-electron chi connectivity index (χ1n) is 6.79. The minimum absolute atomic E-state index is 0.0236. The Bertz CT molecular complexity index is 819. The van der Waals surface area contributed by atoms with E-state index in [9.17, 15) is 4.79 Å². The number of nitrogens with two attached hydrogens (primary N) is 2. The topological polar surface area (TPSA) is 91.5 Å². The van der Waals surface area contributed by atoms with Gasteiger partial charge >= 0.3 is 0 Å². The van der Waals surface area contributed by atoms with Gasteiger partial charge in [0.2, 0.25) is 5.76 Å². The maximum Gasteiger partial charge on any atom is 0.286 e. The smallest absolute Gasteiger partial charge is 0.286 e. The van der Waals surface area contributed by atoms with E-state index in [4.69, 9.17) is 20.6 Å². The van der Waals surface area contributed by atoms with Crippen LogP contribution in [0.4, 0.5) is 5.69 Å². The van der Waals surface area contributed by atoms with Crippen LogP contribution in [0.25, 0.3) is 20.4 Å². The van der Waals surface area contributed by atoms with Crippen LogP contribution in [0, 0.1) is 0 Å². The molecule has 0 aliphatic heterocycles. The first kappa shape index (κ1) is 13.8. The first-order chi connectivity index (χ1) is 10.1. The van der Waals surface area contributed by atoms with E-state index >= 15 is 0 Å². The van der Waals surface area contributed by atoms with Crippen molar-refractivity contribution in [3.63, 3.8) is 0 Å².